The first-order valence-corrected chi connectivity index (χ1v) is 26.9. The van der Waals surface area contributed by atoms with Crippen LogP contribution in [0.4, 0.5) is 0 Å². The number of nitrogens with zero attached hydrogens (tertiary/aromatic N) is 2. The van der Waals surface area contributed by atoms with Crippen molar-refractivity contribution in [1.29, 1.82) is 0 Å². The van der Waals surface area contributed by atoms with E-state index in [2.05, 4.69) is 77.9 Å². The predicted octanol–water partition coefficient (Wildman–Crippen LogP) is 9.99. The maximum Gasteiger partial charge on any atom is 0.0944 e. The highest BCUT2D eigenvalue weighted by Gasteiger charge is 2.19. The molecule has 1 rings (SSSR count). The molecule has 1 heterocycles. The first-order valence-electron chi connectivity index (χ1n) is 26.4. The third kappa shape index (κ3) is 54.1. The maximum atomic E-state index is 11.1. The number of hydrogen-bond donors (Lipinski definition) is 6. The van der Waals surface area contributed by atoms with E-state index in [1.54, 1.807) is 0 Å². The third-order valence-electron chi connectivity index (χ3n) is 11.1. The van der Waals surface area contributed by atoms with E-state index in [0.717, 1.165) is 85.1 Å². The summed E-state index contributed by atoms with van der Waals surface area (Å²) in [5, 5.41) is 28.9. The zero-order chi connectivity index (χ0) is 44.3. The van der Waals surface area contributed by atoms with Crippen molar-refractivity contribution in [3.63, 3.8) is 0 Å². The monoisotopic (exact) mass is 876 g/mol. The summed E-state index contributed by atoms with van der Waals surface area (Å²) in [5.74, 6) is 0.667. The van der Waals surface area contributed by atoms with Crippen LogP contribution in [0.3, 0.4) is 0 Å². The lowest BCUT2D eigenvalue weighted by Gasteiger charge is -2.29. The molecule has 1 saturated heterocycles. The Hall–Kier alpha value is -0.0700. The van der Waals surface area contributed by atoms with E-state index < -0.39 is 0 Å². The molecule has 0 radical (unpaired) electrons. The van der Waals surface area contributed by atoms with Gasteiger partial charge in [0.1, 0.15) is 0 Å². The minimum atomic E-state index is -0.280. The number of hydrogen-bond acceptors (Lipinski definition) is 9. The molecule has 60 heavy (non-hydrogen) atoms. The van der Waals surface area contributed by atoms with Crippen molar-refractivity contribution in [2.45, 2.75) is 208 Å². The fourth-order valence-electron chi connectivity index (χ4n) is 6.96. The number of nitrogens with one attached hydrogen (secondary N) is 5. The number of rotatable bonds is 47. The number of halogens is 1. The summed E-state index contributed by atoms with van der Waals surface area (Å²) in [5.41, 5.74) is 0. The van der Waals surface area contributed by atoms with Gasteiger partial charge in [-0.2, -0.15) is 0 Å². The quantitative estimate of drug-likeness (QED) is 0.0203. The van der Waals surface area contributed by atoms with Crippen LogP contribution in [-0.4, -0.2) is 144 Å². The summed E-state index contributed by atoms with van der Waals surface area (Å²) in [7, 11) is 0. The highest BCUT2D eigenvalue weighted by Crippen LogP contribution is 2.09. The molecule has 0 saturated carbocycles. The van der Waals surface area contributed by atoms with Crippen LogP contribution in [0.15, 0.2) is 0 Å². The first kappa shape index (κ1) is 62.0. The minimum absolute atomic E-state index is 0.280. The van der Waals surface area contributed by atoms with Crippen LogP contribution in [0.2, 0.25) is 0 Å². The Bertz CT molecular complexity index is 741. The van der Waals surface area contributed by atoms with E-state index in [4.69, 9.17) is 16.3 Å². The molecule has 0 bridgehead atoms. The van der Waals surface area contributed by atoms with Gasteiger partial charge in [0.05, 0.1) is 24.7 Å². The van der Waals surface area contributed by atoms with Gasteiger partial charge >= 0.3 is 0 Å². The van der Waals surface area contributed by atoms with Crippen LogP contribution in [0.25, 0.3) is 0 Å². The standard InChI is InChI=1S/C32H71N5O.C15H34N2.C3H5ClO/c1-5-9-13-16-23-35-25-29-37(28-24-34-21-12-8-4)31-32(38)30-36(26-18-14-10-6-2)27-19-15-17-22-33-20-11-7-3;1-3-5-7-9-13-17-15-11-8-10-14-16-12-6-4-2;4-1-3-2-5-3/h32-35,38H,5-31H2,1-4H3;16-17H,3-15H2,1-2H3;3H,1-2H2. The van der Waals surface area contributed by atoms with Gasteiger partial charge in [0, 0.05) is 39.3 Å². The molecule has 0 amide bonds. The number of ether oxygens (including phenoxy) is 1. The van der Waals surface area contributed by atoms with Gasteiger partial charge in [-0.1, -0.05) is 131 Å². The van der Waals surface area contributed by atoms with Gasteiger partial charge in [-0.25, -0.2) is 0 Å². The molecule has 364 valence electrons. The smallest absolute Gasteiger partial charge is 0.0944 e. The van der Waals surface area contributed by atoms with Gasteiger partial charge in [0.15, 0.2) is 0 Å². The van der Waals surface area contributed by atoms with Crippen LogP contribution in [0.1, 0.15) is 196 Å². The van der Waals surface area contributed by atoms with E-state index in [-0.39, 0.29) is 6.10 Å². The summed E-state index contributed by atoms with van der Waals surface area (Å²) < 4.78 is 4.73. The molecular formula is C50H110ClN7O2. The molecule has 6 N–H and O–H groups in total. The lowest BCUT2D eigenvalue weighted by molar-refractivity contribution is 0.0726. The molecule has 2 atom stereocenters. The number of aliphatic hydroxyl groups excluding tert-OH is 1. The number of unbranched alkanes of at least 4 members (excludes halogenated alkanes) is 16. The van der Waals surface area contributed by atoms with Crippen LogP contribution in [0, 0.1) is 0 Å². The van der Waals surface area contributed by atoms with Crippen molar-refractivity contribution >= 4 is 11.6 Å². The van der Waals surface area contributed by atoms with Gasteiger partial charge in [-0.15, -0.1) is 11.6 Å². The Kier molecular flexibility index (Phi) is 56.9. The summed E-state index contributed by atoms with van der Waals surface area (Å²) in [4.78, 5) is 5.02. The molecule has 0 aromatic heterocycles. The van der Waals surface area contributed by atoms with Gasteiger partial charge < -0.3 is 41.3 Å². The van der Waals surface area contributed by atoms with E-state index in [1.165, 1.54) is 180 Å². The van der Waals surface area contributed by atoms with Crippen molar-refractivity contribution in [1.82, 2.24) is 36.4 Å². The van der Waals surface area contributed by atoms with E-state index >= 15 is 0 Å². The zero-order valence-corrected chi connectivity index (χ0v) is 42.2. The van der Waals surface area contributed by atoms with Crippen molar-refractivity contribution in [2.24, 2.45) is 0 Å². The number of aliphatic hydroxyl groups is 1. The lowest BCUT2D eigenvalue weighted by atomic mass is 10.1. The van der Waals surface area contributed by atoms with Crippen molar-refractivity contribution in [3.05, 3.63) is 0 Å². The average Bonchev–Trinajstić information content (AvgIpc) is 4.10. The third-order valence-corrected chi connectivity index (χ3v) is 11.5. The Morgan fingerprint density at radius 1 is 0.417 bits per heavy atom. The van der Waals surface area contributed by atoms with Crippen molar-refractivity contribution < 1.29 is 9.84 Å². The molecule has 0 aliphatic carbocycles. The molecule has 2 unspecified atom stereocenters. The second-order valence-corrected chi connectivity index (χ2v) is 17.8. The Morgan fingerprint density at radius 3 is 1.02 bits per heavy atom. The van der Waals surface area contributed by atoms with Gasteiger partial charge in [0.2, 0.25) is 0 Å². The molecule has 9 nitrogen and oxygen atoms in total. The SMILES string of the molecule is CCCCCCNCCCCCNCCCC.CCCCCCNCCN(CCNCCCC)CC(O)CN(CCCCCC)CCCCCNCCCC.ClCC1CO1. The average molecular weight is 877 g/mol. The fourth-order valence-corrected chi connectivity index (χ4v) is 7.14. The molecule has 0 aromatic carbocycles. The second-order valence-electron chi connectivity index (χ2n) is 17.5. The maximum absolute atomic E-state index is 11.1. The molecule has 0 aromatic rings. The summed E-state index contributed by atoms with van der Waals surface area (Å²) in [6.07, 6.45) is 31.5. The van der Waals surface area contributed by atoms with Crippen molar-refractivity contribution in [2.75, 3.05) is 117 Å². The van der Waals surface area contributed by atoms with Gasteiger partial charge in [-0.3, -0.25) is 4.90 Å². The molecule has 10 heteroatoms. The lowest BCUT2D eigenvalue weighted by Crippen LogP contribution is -2.45. The highest BCUT2D eigenvalue weighted by molar-refractivity contribution is 6.18. The molecular weight excluding hydrogens is 766 g/mol. The van der Waals surface area contributed by atoms with Gasteiger partial charge in [-0.05, 0) is 130 Å². The molecule has 0 spiro atoms. The van der Waals surface area contributed by atoms with Crippen LogP contribution in [0.5, 0.6) is 0 Å². The normalized spacial score (nSPS) is 14.0. The summed E-state index contributed by atoms with van der Waals surface area (Å²) in [6.45, 7) is 31.7. The Balaban J connectivity index is 0. The predicted molar refractivity (Wildman–Crippen MR) is 269 cm³/mol. The summed E-state index contributed by atoms with van der Waals surface area (Å²) in [6, 6.07) is 0. The minimum Gasteiger partial charge on any atom is -0.390 e. The molecule has 1 aliphatic heterocycles. The van der Waals surface area contributed by atoms with E-state index in [1.807, 2.05) is 0 Å². The molecule has 1 aliphatic rings. The van der Waals surface area contributed by atoms with E-state index in [0.29, 0.717) is 12.0 Å². The molecule has 1 fully saturated rings. The number of alkyl halides is 1. The topological polar surface area (TPSA) is 99.4 Å². The zero-order valence-electron chi connectivity index (χ0n) is 41.5. The second kappa shape index (κ2) is 55.1. The Morgan fingerprint density at radius 2 is 0.700 bits per heavy atom. The highest BCUT2D eigenvalue weighted by atomic mass is 35.5. The Labute approximate surface area is 381 Å². The summed E-state index contributed by atoms with van der Waals surface area (Å²) >= 11 is 5.27. The van der Waals surface area contributed by atoms with Crippen LogP contribution >= 0.6 is 11.6 Å². The first-order chi connectivity index (χ1) is 29.5. The van der Waals surface area contributed by atoms with Gasteiger partial charge in [0.25, 0.3) is 0 Å². The van der Waals surface area contributed by atoms with Crippen LogP contribution < -0.4 is 26.6 Å². The fraction of sp³-hybridized carbons (Fsp3) is 1.00. The van der Waals surface area contributed by atoms with Crippen molar-refractivity contribution in [3.8, 4) is 0 Å². The van der Waals surface area contributed by atoms with E-state index in [9.17, 15) is 5.11 Å². The largest absolute Gasteiger partial charge is 0.390 e. The van der Waals surface area contributed by atoms with Crippen LogP contribution in [-0.2, 0) is 4.74 Å². The number of epoxide rings is 1.